The Kier molecular flexibility index (Phi) is 6.20. The monoisotopic (exact) mass is 481 g/mol. The molecule has 0 bridgehead atoms. The van der Waals surface area contributed by atoms with E-state index in [4.69, 9.17) is 9.47 Å². The van der Waals surface area contributed by atoms with Gasteiger partial charge in [-0.3, -0.25) is 0 Å². The van der Waals surface area contributed by atoms with Crippen LogP contribution in [0.1, 0.15) is 34.5 Å². The predicted molar refractivity (Wildman–Crippen MR) is 125 cm³/mol. The lowest BCUT2D eigenvalue weighted by Gasteiger charge is -2.31. The normalized spacial score (nSPS) is 18.1. The number of hydrogen-bond acceptors (Lipinski definition) is 4. The Hall–Kier alpha value is -2.96. The van der Waals surface area contributed by atoms with Crippen LogP contribution in [0.4, 0.5) is 0 Å². The largest absolute Gasteiger partial charge is 0.507 e. The van der Waals surface area contributed by atoms with E-state index in [1.54, 1.807) is 20.3 Å². The van der Waals surface area contributed by atoms with Gasteiger partial charge in [0.05, 0.1) is 25.3 Å². The molecule has 3 aromatic carbocycles. The van der Waals surface area contributed by atoms with Crippen molar-refractivity contribution in [3.63, 3.8) is 0 Å². The van der Waals surface area contributed by atoms with Crippen molar-refractivity contribution in [1.29, 1.82) is 0 Å². The summed E-state index contributed by atoms with van der Waals surface area (Å²) in [5.74, 6) is 1.80. The number of aromatic hydroxyl groups is 1. The number of hydrogen-bond donors (Lipinski definition) is 3. The lowest BCUT2D eigenvalue weighted by molar-refractivity contribution is -0.731. The molecule has 0 amide bonds. The van der Waals surface area contributed by atoms with E-state index in [1.165, 1.54) is 5.56 Å². The average molecular weight is 482 g/mol. The maximum absolute atomic E-state index is 10.6. The zero-order valence-corrected chi connectivity index (χ0v) is 19.3. The lowest BCUT2D eigenvalue weighted by atomic mass is 9.97. The predicted octanol–water partition coefficient (Wildman–Crippen LogP) is 4.43. The summed E-state index contributed by atoms with van der Waals surface area (Å²) >= 11 is 3.53. The number of quaternary nitrogens is 1. The highest BCUT2D eigenvalue weighted by Crippen LogP contribution is 2.34. The van der Waals surface area contributed by atoms with E-state index < -0.39 is 0 Å². The Labute approximate surface area is 190 Å². The van der Waals surface area contributed by atoms with Crippen molar-refractivity contribution in [2.24, 2.45) is 0 Å². The molecule has 4 rings (SSSR count). The maximum Gasteiger partial charge on any atom is 0.190 e. The molecule has 2 unspecified atom stereocenters. The van der Waals surface area contributed by atoms with Crippen molar-refractivity contribution in [1.82, 2.24) is 5.32 Å². The van der Waals surface area contributed by atoms with E-state index in [0.717, 1.165) is 38.4 Å². The Morgan fingerprint density at radius 2 is 1.71 bits per heavy atom. The van der Waals surface area contributed by atoms with Crippen molar-refractivity contribution >= 4 is 21.6 Å². The number of benzene rings is 3. The summed E-state index contributed by atoms with van der Waals surface area (Å²) in [6, 6.07) is 19.6. The number of nitrogens with two attached hydrogens (primary N) is 1. The molecule has 31 heavy (non-hydrogen) atoms. The minimum absolute atomic E-state index is 0.101. The summed E-state index contributed by atoms with van der Waals surface area (Å²) in [5.41, 5.74) is 5.11. The smallest absolute Gasteiger partial charge is 0.190 e. The van der Waals surface area contributed by atoms with E-state index in [9.17, 15) is 5.11 Å². The van der Waals surface area contributed by atoms with Gasteiger partial charge in [0, 0.05) is 16.2 Å². The summed E-state index contributed by atoms with van der Waals surface area (Å²) in [5, 5.41) is 16.4. The molecule has 4 N–H and O–H groups in total. The van der Waals surface area contributed by atoms with Gasteiger partial charge in [-0.2, -0.15) is 0 Å². The molecule has 0 radical (unpaired) electrons. The van der Waals surface area contributed by atoms with Crippen molar-refractivity contribution in [2.45, 2.75) is 19.1 Å². The summed E-state index contributed by atoms with van der Waals surface area (Å²) in [4.78, 5) is 0. The molecule has 1 aliphatic heterocycles. The van der Waals surface area contributed by atoms with Crippen LogP contribution < -0.4 is 20.1 Å². The van der Waals surface area contributed by atoms with Gasteiger partial charge >= 0.3 is 0 Å². The van der Waals surface area contributed by atoms with Gasteiger partial charge in [0.15, 0.2) is 6.17 Å². The van der Waals surface area contributed by atoms with Crippen molar-refractivity contribution in [3.05, 3.63) is 93.5 Å². The molecule has 0 aliphatic carbocycles. The van der Waals surface area contributed by atoms with Crippen LogP contribution in [0.3, 0.4) is 0 Å². The third-order valence-corrected chi connectivity index (χ3v) is 6.03. The first-order chi connectivity index (χ1) is 15.0. The fraction of sp³-hybridized carbons (Fsp3) is 0.200. The van der Waals surface area contributed by atoms with Crippen molar-refractivity contribution in [3.8, 4) is 17.2 Å². The maximum atomic E-state index is 10.6. The summed E-state index contributed by atoms with van der Waals surface area (Å²) in [6.45, 7) is 2.08. The van der Waals surface area contributed by atoms with E-state index in [-0.39, 0.29) is 18.0 Å². The van der Waals surface area contributed by atoms with Crippen LogP contribution in [0.25, 0.3) is 5.70 Å². The molecule has 5 nitrogen and oxygen atoms in total. The Balaban J connectivity index is 1.81. The number of halogens is 1. The molecule has 0 saturated carbocycles. The average Bonchev–Trinajstić information content (AvgIpc) is 2.80. The third kappa shape index (κ3) is 4.55. The summed E-state index contributed by atoms with van der Waals surface area (Å²) in [6.07, 6.45) is 2.00. The number of ether oxygens (including phenoxy) is 2. The molecule has 0 aromatic heterocycles. The zero-order valence-electron chi connectivity index (χ0n) is 17.7. The molecule has 1 aliphatic rings. The van der Waals surface area contributed by atoms with Crippen molar-refractivity contribution < 1.29 is 19.9 Å². The Morgan fingerprint density at radius 1 is 0.935 bits per heavy atom. The minimum atomic E-state index is -0.144. The fourth-order valence-corrected chi connectivity index (χ4v) is 4.25. The minimum Gasteiger partial charge on any atom is -0.507 e. The van der Waals surface area contributed by atoms with Gasteiger partial charge in [0.1, 0.15) is 23.3 Å². The highest BCUT2D eigenvalue weighted by atomic mass is 79.9. The van der Waals surface area contributed by atoms with Gasteiger partial charge in [0.2, 0.25) is 0 Å². The fourth-order valence-electron chi connectivity index (χ4n) is 3.87. The molecule has 6 heteroatoms. The first kappa shape index (κ1) is 21.3. The van der Waals surface area contributed by atoms with Gasteiger partial charge < -0.3 is 25.2 Å². The van der Waals surface area contributed by atoms with Crippen LogP contribution in [0.2, 0.25) is 0 Å². The second kappa shape index (κ2) is 9.04. The molecule has 0 spiro atoms. The van der Waals surface area contributed by atoms with Crippen LogP contribution in [0.5, 0.6) is 17.2 Å². The quantitative estimate of drug-likeness (QED) is 0.504. The van der Waals surface area contributed by atoms with E-state index in [2.05, 4.69) is 63.8 Å². The Bertz CT molecular complexity index is 1110. The van der Waals surface area contributed by atoms with Crippen LogP contribution in [-0.4, -0.2) is 19.3 Å². The second-order valence-corrected chi connectivity index (χ2v) is 8.51. The summed E-state index contributed by atoms with van der Waals surface area (Å²) in [7, 11) is 3.33. The van der Waals surface area contributed by atoms with E-state index in [0.29, 0.717) is 0 Å². The molecule has 0 saturated heterocycles. The molecule has 2 atom stereocenters. The van der Waals surface area contributed by atoms with Gasteiger partial charge in [0.25, 0.3) is 0 Å². The SMILES string of the molecule is COc1ccc(OC)c(C2NC(c3ccc(C)cc3)=CC(c3cc(Br)ccc3O)[NH2+]2)c1. The molecular weight excluding hydrogens is 456 g/mol. The number of rotatable bonds is 5. The van der Waals surface area contributed by atoms with E-state index in [1.807, 2.05) is 30.3 Å². The second-order valence-electron chi connectivity index (χ2n) is 7.60. The van der Waals surface area contributed by atoms with Gasteiger partial charge in [-0.05, 0) is 48.9 Å². The van der Waals surface area contributed by atoms with Crippen LogP contribution >= 0.6 is 15.9 Å². The van der Waals surface area contributed by atoms with Gasteiger partial charge in [-0.1, -0.05) is 45.8 Å². The topological polar surface area (TPSA) is 67.3 Å². The molecule has 3 aromatic rings. The zero-order chi connectivity index (χ0) is 22.0. The first-order valence-electron chi connectivity index (χ1n) is 10.1. The molecule has 160 valence electrons. The highest BCUT2D eigenvalue weighted by molar-refractivity contribution is 9.10. The van der Waals surface area contributed by atoms with Crippen LogP contribution in [0, 0.1) is 6.92 Å². The molecular formula is C25H26BrN2O3+. The number of phenols is 1. The number of phenolic OH excluding ortho intramolecular Hbond substituents is 1. The first-order valence-corrected chi connectivity index (χ1v) is 10.9. The van der Waals surface area contributed by atoms with Crippen LogP contribution in [-0.2, 0) is 0 Å². The number of nitrogens with one attached hydrogen (secondary N) is 1. The van der Waals surface area contributed by atoms with Crippen molar-refractivity contribution in [2.75, 3.05) is 14.2 Å². The van der Waals surface area contributed by atoms with E-state index >= 15 is 0 Å². The molecule has 0 fully saturated rings. The summed E-state index contributed by atoms with van der Waals surface area (Å²) < 4.78 is 12.0. The third-order valence-electron chi connectivity index (χ3n) is 5.54. The lowest BCUT2D eigenvalue weighted by Crippen LogP contribution is -2.89. The number of aryl methyl sites for hydroxylation is 1. The number of methoxy groups -OCH3 is 2. The van der Waals surface area contributed by atoms with Gasteiger partial charge in [-0.15, -0.1) is 0 Å². The molecule has 1 heterocycles. The highest BCUT2D eigenvalue weighted by Gasteiger charge is 2.31. The van der Waals surface area contributed by atoms with Crippen LogP contribution in [0.15, 0.2) is 71.2 Å². The Morgan fingerprint density at radius 3 is 2.42 bits per heavy atom. The standard InChI is InChI=1S/C25H25BrN2O3/c1-15-4-6-16(7-5-15)21-14-22(19-12-17(26)8-10-23(19)29)28-25(27-21)20-13-18(30-2)9-11-24(20)31-3/h4-14,22,25,27-29H,1-3H3/p+1. The van der Waals surface area contributed by atoms with Gasteiger partial charge in [-0.25, -0.2) is 0 Å².